The maximum atomic E-state index is 13.5. The molecule has 5 fully saturated rings. The molecule has 0 spiro atoms. The van der Waals surface area contributed by atoms with E-state index < -0.39 is 11.5 Å². The third-order valence-electron chi connectivity index (χ3n) is 8.41. The summed E-state index contributed by atoms with van der Waals surface area (Å²) in [5.74, 6) is 1.13. The lowest BCUT2D eigenvalue weighted by molar-refractivity contribution is -0.128. The molecule has 1 saturated heterocycles. The highest BCUT2D eigenvalue weighted by Crippen LogP contribution is 2.54. The molecular weight excluding hydrogens is 476 g/mol. The van der Waals surface area contributed by atoms with Crippen molar-refractivity contribution >= 4 is 24.1 Å². The number of nitrogens with one attached hydrogen (secondary N) is 3. The molecule has 5 aliphatic rings. The summed E-state index contributed by atoms with van der Waals surface area (Å²) in [5, 5.41) is 19.2. The second-order valence-corrected chi connectivity index (χ2v) is 11.2. The molecule has 0 unspecified atom stereocenters. The first kappa shape index (κ1) is 27.0. The summed E-state index contributed by atoms with van der Waals surface area (Å²) >= 11 is 0. The quantitative estimate of drug-likeness (QED) is 0.264. The SMILES string of the molecule is CNC(=O)C(C)(C)/C=C/N/C(=C(\C=[N-])C(=O)NC1C2CC3CC1CC(C2)C3OC(N)=O)N1CCOCC1. The van der Waals surface area contributed by atoms with Crippen LogP contribution < -0.4 is 21.7 Å². The molecule has 4 saturated carbocycles. The van der Waals surface area contributed by atoms with E-state index in [9.17, 15) is 19.8 Å². The fourth-order valence-electron chi connectivity index (χ4n) is 6.70. The van der Waals surface area contributed by atoms with Crippen LogP contribution in [0.2, 0.25) is 0 Å². The lowest BCUT2D eigenvalue weighted by atomic mass is 9.53. The maximum absolute atomic E-state index is 13.5. The molecule has 204 valence electrons. The van der Waals surface area contributed by atoms with Crippen molar-refractivity contribution in [2.75, 3.05) is 33.4 Å². The largest absolute Gasteiger partial charge is 0.810 e. The Bertz CT molecular complexity index is 941. The molecule has 11 heteroatoms. The molecule has 1 aliphatic heterocycles. The number of hydrogen-bond donors (Lipinski definition) is 4. The van der Waals surface area contributed by atoms with E-state index in [1.54, 1.807) is 33.2 Å². The lowest BCUT2D eigenvalue weighted by Gasteiger charge is -2.57. The Kier molecular flexibility index (Phi) is 8.11. The topological polar surface area (TPSA) is 157 Å². The van der Waals surface area contributed by atoms with Crippen molar-refractivity contribution in [2.45, 2.75) is 51.7 Å². The van der Waals surface area contributed by atoms with E-state index in [0.29, 0.717) is 44.0 Å². The summed E-state index contributed by atoms with van der Waals surface area (Å²) in [5.41, 5.74) is 4.66. The summed E-state index contributed by atoms with van der Waals surface area (Å²) in [4.78, 5) is 39.0. The predicted octanol–water partition coefficient (Wildman–Crippen LogP) is 1.06. The molecule has 1 heterocycles. The molecule has 4 aliphatic carbocycles. The highest BCUT2D eigenvalue weighted by atomic mass is 16.6. The maximum Gasteiger partial charge on any atom is 0.404 e. The second kappa shape index (κ2) is 11.1. The van der Waals surface area contributed by atoms with E-state index in [1.165, 1.54) is 0 Å². The van der Waals surface area contributed by atoms with E-state index in [2.05, 4.69) is 16.0 Å². The van der Waals surface area contributed by atoms with Crippen LogP contribution in [0.25, 0.3) is 5.41 Å². The molecule has 0 aromatic rings. The van der Waals surface area contributed by atoms with Crippen molar-refractivity contribution in [2.24, 2.45) is 34.8 Å². The Morgan fingerprint density at radius 2 is 1.65 bits per heavy atom. The van der Waals surface area contributed by atoms with Gasteiger partial charge in [0.25, 0.3) is 5.91 Å². The zero-order valence-electron chi connectivity index (χ0n) is 21.9. The van der Waals surface area contributed by atoms with Gasteiger partial charge in [-0.05, 0) is 69.4 Å². The molecular formula is C26H39N6O5-. The first-order valence-corrected chi connectivity index (χ1v) is 13.1. The minimum Gasteiger partial charge on any atom is -0.810 e. The highest BCUT2D eigenvalue weighted by Gasteiger charge is 2.54. The number of rotatable bonds is 9. The van der Waals surface area contributed by atoms with Crippen LogP contribution in [0.3, 0.4) is 0 Å². The van der Waals surface area contributed by atoms with Gasteiger partial charge in [0.1, 0.15) is 11.9 Å². The van der Waals surface area contributed by atoms with Gasteiger partial charge < -0.3 is 41.5 Å². The van der Waals surface area contributed by atoms with Crippen molar-refractivity contribution in [1.82, 2.24) is 20.9 Å². The smallest absolute Gasteiger partial charge is 0.404 e. The van der Waals surface area contributed by atoms with Gasteiger partial charge in [0.05, 0.1) is 24.2 Å². The monoisotopic (exact) mass is 515 g/mol. The fraction of sp³-hybridized carbons (Fsp3) is 0.692. The van der Waals surface area contributed by atoms with Gasteiger partial charge in [-0.3, -0.25) is 9.59 Å². The summed E-state index contributed by atoms with van der Waals surface area (Å²) in [6, 6.07) is -0.00172. The zero-order valence-corrected chi connectivity index (χ0v) is 21.9. The van der Waals surface area contributed by atoms with E-state index in [4.69, 9.17) is 15.2 Å². The highest BCUT2D eigenvalue weighted by molar-refractivity contribution is 6.13. The van der Waals surface area contributed by atoms with E-state index in [1.807, 2.05) is 4.90 Å². The third-order valence-corrected chi connectivity index (χ3v) is 8.41. The lowest BCUT2D eigenvalue weighted by Crippen LogP contribution is -2.61. The molecule has 0 aromatic carbocycles. The molecule has 11 nitrogen and oxygen atoms in total. The molecule has 0 aromatic heterocycles. The summed E-state index contributed by atoms with van der Waals surface area (Å²) in [6.07, 6.45) is 6.88. The van der Waals surface area contributed by atoms with E-state index in [-0.39, 0.29) is 41.4 Å². The number of nitrogens with two attached hydrogens (primary N) is 1. The normalized spacial score (nSPS) is 31.5. The van der Waals surface area contributed by atoms with Gasteiger partial charge in [0, 0.05) is 26.2 Å². The van der Waals surface area contributed by atoms with Crippen LogP contribution in [0.1, 0.15) is 39.5 Å². The number of amides is 3. The Hall–Kier alpha value is -3.08. The van der Waals surface area contributed by atoms with Gasteiger partial charge in [-0.1, -0.05) is 6.08 Å². The summed E-state index contributed by atoms with van der Waals surface area (Å²) < 4.78 is 10.9. The van der Waals surface area contributed by atoms with Crippen LogP contribution in [0, 0.1) is 29.1 Å². The molecule has 4 bridgehead atoms. The van der Waals surface area contributed by atoms with Gasteiger partial charge in [-0.15, -0.1) is 0 Å². The number of morpholine rings is 1. The van der Waals surface area contributed by atoms with Gasteiger partial charge in [0.15, 0.2) is 0 Å². The standard InChI is InChI=1S/C26H39N6O5/c1-26(2,24(34)29-3)4-5-30-22(32-6-8-36-9-7-32)19(14-27)23(33)31-20-15-10-17-12-16(20)13-18(11-15)21(17)37-25(28)35/h4-5,14-18,20-21,30H,6-13H2,1-3H3,(H2,28,35)(H,29,34)(H,31,33)/q-1/b5-4+,22-19-. The predicted molar refractivity (Wildman–Crippen MR) is 138 cm³/mol. The van der Waals surface area contributed by atoms with Crippen LogP contribution in [0.4, 0.5) is 4.79 Å². The minimum atomic E-state index is -0.764. The average Bonchev–Trinajstić information content (AvgIpc) is 2.86. The zero-order chi connectivity index (χ0) is 26.7. The van der Waals surface area contributed by atoms with Crippen molar-refractivity contribution in [3.63, 3.8) is 0 Å². The number of primary amides is 1. The van der Waals surface area contributed by atoms with E-state index in [0.717, 1.165) is 31.9 Å². The number of nitrogens with zero attached hydrogens (tertiary/aromatic N) is 2. The molecule has 5 N–H and O–H groups in total. The Morgan fingerprint density at radius 1 is 1.05 bits per heavy atom. The van der Waals surface area contributed by atoms with Crippen LogP contribution >= 0.6 is 0 Å². The third kappa shape index (κ3) is 5.76. The second-order valence-electron chi connectivity index (χ2n) is 11.2. The Balaban J connectivity index is 1.51. The molecule has 0 atom stereocenters. The summed E-state index contributed by atoms with van der Waals surface area (Å²) in [6.45, 7) is 5.70. The van der Waals surface area contributed by atoms with Crippen molar-refractivity contribution in [3.8, 4) is 0 Å². The molecule has 37 heavy (non-hydrogen) atoms. The van der Waals surface area contributed by atoms with Crippen molar-refractivity contribution in [1.29, 1.82) is 0 Å². The minimum absolute atomic E-state index is 0.00172. The van der Waals surface area contributed by atoms with Crippen LogP contribution in [0.5, 0.6) is 0 Å². The Labute approximate surface area is 218 Å². The van der Waals surface area contributed by atoms with Gasteiger partial charge in [0.2, 0.25) is 5.91 Å². The van der Waals surface area contributed by atoms with E-state index >= 15 is 0 Å². The number of hydrogen-bond acceptors (Lipinski definition) is 7. The first-order chi connectivity index (χ1) is 17.6. The first-order valence-electron chi connectivity index (χ1n) is 13.1. The van der Waals surface area contributed by atoms with Gasteiger partial charge in [-0.2, -0.15) is 6.21 Å². The van der Waals surface area contributed by atoms with Gasteiger partial charge >= 0.3 is 6.09 Å². The van der Waals surface area contributed by atoms with Gasteiger partial charge in [-0.25, -0.2) is 4.79 Å². The number of carbonyl (C=O) groups is 3. The molecule has 3 amide bonds. The van der Waals surface area contributed by atoms with Crippen LogP contribution in [-0.4, -0.2) is 74.5 Å². The van der Waals surface area contributed by atoms with Crippen LogP contribution in [-0.2, 0) is 19.1 Å². The summed E-state index contributed by atoms with van der Waals surface area (Å²) in [7, 11) is 1.59. The van der Waals surface area contributed by atoms with Crippen molar-refractivity contribution in [3.05, 3.63) is 29.1 Å². The fourth-order valence-corrected chi connectivity index (χ4v) is 6.70. The average molecular weight is 516 g/mol. The molecule has 0 radical (unpaired) electrons. The number of ether oxygens (including phenoxy) is 2. The molecule has 5 rings (SSSR count). The van der Waals surface area contributed by atoms with Crippen molar-refractivity contribution < 1.29 is 23.9 Å². The Morgan fingerprint density at radius 3 is 2.16 bits per heavy atom. The number of carbonyl (C=O) groups excluding carboxylic acids is 3. The van der Waals surface area contributed by atoms with Crippen LogP contribution in [0.15, 0.2) is 23.7 Å².